The van der Waals surface area contributed by atoms with E-state index in [4.69, 9.17) is 10.2 Å². The topological polar surface area (TPSA) is 122 Å². The first kappa shape index (κ1) is 30.3. The third kappa shape index (κ3) is 5.88. The summed E-state index contributed by atoms with van der Waals surface area (Å²) in [6, 6.07) is 10.8. The van der Waals surface area contributed by atoms with Crippen LogP contribution in [0.4, 0.5) is 18.9 Å². The Bertz CT molecular complexity index is 1680. The van der Waals surface area contributed by atoms with E-state index in [0.29, 0.717) is 34.1 Å². The Hall–Kier alpha value is -1.68. The number of primary amides is 1. The zero-order chi connectivity index (χ0) is 27.4. The molecule has 1 aliphatic rings. The van der Waals surface area contributed by atoms with E-state index >= 15 is 0 Å². The van der Waals surface area contributed by atoms with Crippen LogP contribution in [0.2, 0.25) is 0 Å². The monoisotopic (exact) mass is 650 g/mol. The minimum Gasteiger partial charge on any atom is -0.569 e. The van der Waals surface area contributed by atoms with Gasteiger partial charge in [-0.2, -0.15) is 13.2 Å². The first-order valence-corrected chi connectivity index (χ1v) is 13.9. The van der Waals surface area contributed by atoms with Crippen molar-refractivity contribution >= 4 is 48.5 Å². The summed E-state index contributed by atoms with van der Waals surface area (Å²) in [4.78, 5) is 17.0. The van der Waals surface area contributed by atoms with E-state index in [0.717, 1.165) is 36.0 Å². The molecule has 8 nitrogen and oxygen atoms in total. The summed E-state index contributed by atoms with van der Waals surface area (Å²) < 4.78 is 73.4. The van der Waals surface area contributed by atoms with E-state index < -0.39 is 27.1 Å². The number of fused-ring (bicyclic) bond motifs is 1. The molecule has 0 atom stereocenters. The van der Waals surface area contributed by atoms with Gasteiger partial charge in [0, 0.05) is 29.8 Å². The number of aromatic nitrogens is 2. The number of hydrogen-bond donors (Lipinski definition) is 1. The Labute approximate surface area is 273 Å². The number of halogens is 4. The Morgan fingerprint density at radius 1 is 1.23 bits per heavy atom. The summed E-state index contributed by atoms with van der Waals surface area (Å²) in [6.07, 6.45) is 2.54. The second-order valence-electron chi connectivity index (χ2n) is 8.95. The molecule has 0 saturated heterocycles. The average molecular weight is 652 g/mol. The van der Waals surface area contributed by atoms with E-state index in [2.05, 4.69) is 25.6 Å². The summed E-state index contributed by atoms with van der Waals surface area (Å²) in [5.74, 6) is 0.568. The smallest absolute Gasteiger partial charge is 0.569 e. The zero-order valence-corrected chi connectivity index (χ0v) is 26.4. The molecule has 0 bridgehead atoms. The van der Waals surface area contributed by atoms with Crippen molar-refractivity contribution < 1.29 is 82.2 Å². The number of aryl methyl sites for hydroxylation is 1. The Morgan fingerprint density at radius 3 is 2.54 bits per heavy atom. The van der Waals surface area contributed by atoms with Gasteiger partial charge in [0.25, 0.3) is 5.91 Å². The molecule has 1 aliphatic carbocycles. The van der Waals surface area contributed by atoms with Gasteiger partial charge < -0.3 is 19.4 Å². The van der Waals surface area contributed by atoms with Gasteiger partial charge in [-0.25, -0.2) is 13.4 Å². The molecular formula is C25H21BrF3KN4O4S. The summed E-state index contributed by atoms with van der Waals surface area (Å²) in [5, 5.41) is 0.604. The van der Waals surface area contributed by atoms with Gasteiger partial charge in [0.2, 0.25) is 0 Å². The Balaban J connectivity index is 0.00000353. The largest absolute Gasteiger partial charge is 1.00 e. The molecular weight excluding hydrogens is 630 g/mol. The van der Waals surface area contributed by atoms with E-state index in [1.807, 2.05) is 17.6 Å². The van der Waals surface area contributed by atoms with Crippen molar-refractivity contribution in [2.75, 3.05) is 0 Å². The van der Waals surface area contributed by atoms with Gasteiger partial charge in [-0.1, -0.05) is 37.3 Å². The predicted molar refractivity (Wildman–Crippen MR) is 139 cm³/mol. The Morgan fingerprint density at radius 2 is 1.92 bits per heavy atom. The van der Waals surface area contributed by atoms with Crippen LogP contribution in [0.15, 0.2) is 51.4 Å². The van der Waals surface area contributed by atoms with Crippen molar-refractivity contribution in [3.05, 3.63) is 74.4 Å². The first-order valence-electron chi connectivity index (χ1n) is 11.6. The molecule has 2 aromatic carbocycles. The number of hydrogen-bond acceptors (Lipinski definition) is 5. The molecule has 1 amide bonds. The quantitative estimate of drug-likeness (QED) is 0.293. The van der Waals surface area contributed by atoms with Gasteiger partial charge in [-0.05, 0) is 46.5 Å². The second-order valence-corrected chi connectivity index (χ2v) is 11.3. The van der Waals surface area contributed by atoms with E-state index in [1.54, 1.807) is 12.1 Å². The molecule has 0 spiro atoms. The van der Waals surface area contributed by atoms with E-state index in [9.17, 15) is 26.4 Å². The van der Waals surface area contributed by atoms with Gasteiger partial charge in [0.1, 0.15) is 22.9 Å². The maximum absolute atomic E-state index is 13.0. The number of imidazole rings is 1. The zero-order valence-electron chi connectivity index (χ0n) is 20.9. The van der Waals surface area contributed by atoms with Crippen molar-refractivity contribution in [3.8, 4) is 11.3 Å². The van der Waals surface area contributed by atoms with Gasteiger partial charge in [0.05, 0.1) is 10.2 Å². The normalized spacial score (nSPS) is 13.9. The fourth-order valence-electron chi connectivity index (χ4n) is 4.36. The number of rotatable bonds is 8. The maximum atomic E-state index is 13.0. The summed E-state index contributed by atoms with van der Waals surface area (Å²) in [5.41, 5.74) is 2.21. The number of carbonyl (C=O) groups excluding carboxylic acids is 1. The third-order valence-electron chi connectivity index (χ3n) is 6.28. The number of carbonyl (C=O) groups is 1. The molecule has 2 aromatic heterocycles. The number of nitrogens with two attached hydrogens (primary N) is 1. The molecule has 14 heteroatoms. The van der Waals surface area contributed by atoms with E-state index in [1.165, 1.54) is 18.2 Å². The molecule has 0 aliphatic heterocycles. The third-order valence-corrected chi connectivity index (χ3v) is 8.09. The van der Waals surface area contributed by atoms with Crippen LogP contribution in [0.5, 0.6) is 0 Å². The molecule has 2 heterocycles. The standard InChI is InChI=1S/C25H21BrF3N4O4S.K/c1-2-19-31-21(14-8-9-14)22(24(30)34)33(19)12-13-7-10-18-16(11-13)20(26)23(37-18)15-5-3-4-6-17(15)32-38(35,36)25(27,28)29;/h3-7,10-11,14H,2,8-9,12H2,1H3,(H2,30,34);/q-1;+1/i24+2;. The molecule has 4 aromatic rings. The van der Waals surface area contributed by atoms with Gasteiger partial charge in [-0.15, -0.1) is 5.69 Å². The van der Waals surface area contributed by atoms with Crippen LogP contribution in [0, 0.1) is 0 Å². The average Bonchev–Trinajstić information content (AvgIpc) is 3.56. The minimum absolute atomic E-state index is 0. The van der Waals surface area contributed by atoms with Crippen molar-refractivity contribution in [1.82, 2.24) is 9.55 Å². The fourth-order valence-corrected chi connectivity index (χ4v) is 5.48. The molecule has 2 N–H and O–H groups in total. The number of sulfonamides is 1. The Kier molecular flexibility index (Phi) is 8.77. The van der Waals surface area contributed by atoms with Crippen molar-refractivity contribution in [2.24, 2.45) is 5.73 Å². The summed E-state index contributed by atoms with van der Waals surface area (Å²) in [6.45, 7) is 2.27. The SMILES string of the molecule is CCc1nc(C2CC2)c([14C](N)=O)n1Cc1ccc2oc(-c3ccccc3[N-]S(=O)(=O)C(F)(F)F)c(Br)c2c1.[K+]. The van der Waals surface area contributed by atoms with Crippen LogP contribution >= 0.6 is 15.9 Å². The van der Waals surface area contributed by atoms with Gasteiger partial charge in [0.15, 0.2) is 10.0 Å². The number of nitrogens with zero attached hydrogens (tertiary/aromatic N) is 3. The number of amides is 1. The van der Waals surface area contributed by atoms with Crippen LogP contribution in [-0.2, 0) is 23.0 Å². The number of furan rings is 1. The van der Waals surface area contributed by atoms with Gasteiger partial charge >= 0.3 is 56.9 Å². The molecule has 1 saturated carbocycles. The van der Waals surface area contributed by atoms with Crippen LogP contribution in [-0.4, -0.2) is 29.4 Å². The summed E-state index contributed by atoms with van der Waals surface area (Å²) >= 11 is 3.46. The first-order chi connectivity index (χ1) is 17.9. The molecule has 5 rings (SSSR count). The van der Waals surface area contributed by atoms with Crippen LogP contribution in [0.25, 0.3) is 27.0 Å². The number of alkyl halides is 3. The van der Waals surface area contributed by atoms with Crippen LogP contribution < -0.4 is 57.1 Å². The van der Waals surface area contributed by atoms with Crippen molar-refractivity contribution in [3.63, 3.8) is 0 Å². The number of benzene rings is 2. The molecule has 200 valence electrons. The molecule has 0 unspecified atom stereocenters. The molecule has 39 heavy (non-hydrogen) atoms. The second kappa shape index (κ2) is 11.3. The van der Waals surface area contributed by atoms with Crippen molar-refractivity contribution in [1.29, 1.82) is 0 Å². The van der Waals surface area contributed by atoms with E-state index in [-0.39, 0.29) is 68.6 Å². The predicted octanol–water partition coefficient (Wildman–Crippen LogP) is 3.50. The minimum atomic E-state index is -5.76. The van der Waals surface area contributed by atoms with Crippen LogP contribution in [0.1, 0.15) is 53.3 Å². The maximum Gasteiger partial charge on any atom is 1.00 e. The van der Waals surface area contributed by atoms with Crippen molar-refractivity contribution in [2.45, 2.75) is 44.2 Å². The summed E-state index contributed by atoms with van der Waals surface area (Å²) in [7, 11) is -5.76. The van der Waals surface area contributed by atoms with Gasteiger partial charge in [-0.3, -0.25) is 4.79 Å². The molecule has 0 radical (unpaired) electrons. The molecule has 1 fully saturated rings. The fraction of sp³-hybridized carbons (Fsp3) is 0.280. The van der Waals surface area contributed by atoms with Crippen LogP contribution in [0.3, 0.4) is 0 Å².